The van der Waals surface area contributed by atoms with Crippen molar-refractivity contribution in [2.75, 3.05) is 21.3 Å². The van der Waals surface area contributed by atoms with E-state index in [1.807, 2.05) is 0 Å². The maximum absolute atomic E-state index is 5.52. The zero-order valence-corrected chi connectivity index (χ0v) is 12.3. The van der Waals surface area contributed by atoms with E-state index in [2.05, 4.69) is 38.1 Å². The number of hydrogen-bond donors (Lipinski definition) is 0. The molecule has 3 nitrogen and oxygen atoms in total. The second kappa shape index (κ2) is 6.30. The molecule has 0 saturated carbocycles. The zero-order valence-electron chi connectivity index (χ0n) is 11.3. The van der Waals surface area contributed by atoms with Crippen LogP contribution >= 0.6 is 0 Å². The van der Waals surface area contributed by atoms with Crippen LogP contribution in [-0.2, 0) is 19.7 Å². The Morgan fingerprint density at radius 2 is 1.71 bits per heavy atom. The molecule has 0 fully saturated rings. The summed E-state index contributed by atoms with van der Waals surface area (Å²) >= 11 is 0. The molecule has 4 heteroatoms. The van der Waals surface area contributed by atoms with E-state index in [1.165, 1.54) is 11.1 Å². The van der Waals surface area contributed by atoms with Crippen molar-refractivity contribution in [2.45, 2.75) is 25.8 Å². The van der Waals surface area contributed by atoms with Crippen LogP contribution < -0.4 is 0 Å². The van der Waals surface area contributed by atoms with Gasteiger partial charge in [-0.25, -0.2) is 0 Å². The van der Waals surface area contributed by atoms with E-state index in [1.54, 1.807) is 21.3 Å². The highest BCUT2D eigenvalue weighted by atomic mass is 28.4. The first-order valence-electron chi connectivity index (χ1n) is 5.87. The van der Waals surface area contributed by atoms with Crippen LogP contribution in [-0.4, -0.2) is 30.1 Å². The normalized spacial score (nSPS) is 13.7. The second-order valence-corrected chi connectivity index (χ2v) is 7.33. The molecule has 0 spiro atoms. The van der Waals surface area contributed by atoms with Gasteiger partial charge in [0.1, 0.15) is 0 Å². The van der Waals surface area contributed by atoms with E-state index in [0.29, 0.717) is 0 Å². The fourth-order valence-corrected chi connectivity index (χ4v) is 4.22. The van der Waals surface area contributed by atoms with E-state index in [0.717, 1.165) is 6.42 Å². The van der Waals surface area contributed by atoms with Crippen molar-refractivity contribution in [1.82, 2.24) is 0 Å². The van der Waals surface area contributed by atoms with Crippen molar-refractivity contribution < 1.29 is 13.3 Å². The Bertz CT molecular complexity index is 342. The first kappa shape index (κ1) is 14.4. The summed E-state index contributed by atoms with van der Waals surface area (Å²) in [6.45, 7) is 4.24. The lowest BCUT2D eigenvalue weighted by atomic mass is 10.1. The van der Waals surface area contributed by atoms with Crippen LogP contribution in [0.25, 0.3) is 0 Å². The zero-order chi connectivity index (χ0) is 12.9. The third-order valence-corrected chi connectivity index (χ3v) is 6.34. The minimum atomic E-state index is -2.60. The molecule has 1 unspecified atom stereocenters. The highest BCUT2D eigenvalue weighted by Gasteiger charge is 2.45. The Morgan fingerprint density at radius 3 is 2.18 bits per heavy atom. The maximum atomic E-state index is 5.52. The molecule has 0 radical (unpaired) electrons. The van der Waals surface area contributed by atoms with Crippen molar-refractivity contribution in [3.63, 3.8) is 0 Å². The highest BCUT2D eigenvalue weighted by Crippen LogP contribution is 2.28. The summed E-state index contributed by atoms with van der Waals surface area (Å²) in [5.74, 6) is 0. The SMILES string of the molecule is CCc1cccc(C(C)[Si](OC)(OC)OC)c1. The van der Waals surface area contributed by atoms with Crippen LogP contribution in [0, 0.1) is 0 Å². The van der Waals surface area contributed by atoms with Crippen LogP contribution in [0.4, 0.5) is 0 Å². The Morgan fingerprint density at radius 1 is 1.12 bits per heavy atom. The predicted octanol–water partition coefficient (Wildman–Crippen LogP) is 2.77. The van der Waals surface area contributed by atoms with Gasteiger partial charge >= 0.3 is 8.80 Å². The summed E-state index contributed by atoms with van der Waals surface area (Å²) in [6, 6.07) is 8.50. The van der Waals surface area contributed by atoms with Gasteiger partial charge in [0, 0.05) is 21.3 Å². The first-order valence-corrected chi connectivity index (χ1v) is 7.68. The average Bonchev–Trinajstić information content (AvgIpc) is 2.41. The Hall–Kier alpha value is -0.683. The maximum Gasteiger partial charge on any atom is 0.507 e. The van der Waals surface area contributed by atoms with Crippen LogP contribution in [0.2, 0.25) is 0 Å². The summed E-state index contributed by atoms with van der Waals surface area (Å²) < 4.78 is 16.6. The van der Waals surface area contributed by atoms with Gasteiger partial charge in [-0.3, -0.25) is 0 Å². The third kappa shape index (κ3) is 2.96. The Labute approximate surface area is 105 Å². The van der Waals surface area contributed by atoms with Gasteiger partial charge in [-0.05, 0) is 17.5 Å². The van der Waals surface area contributed by atoms with Crippen molar-refractivity contribution in [3.05, 3.63) is 35.4 Å². The lowest BCUT2D eigenvalue weighted by Crippen LogP contribution is -2.48. The average molecular weight is 254 g/mol. The molecule has 1 aromatic carbocycles. The van der Waals surface area contributed by atoms with Gasteiger partial charge in [-0.15, -0.1) is 0 Å². The molecular formula is C13H22O3Si. The summed E-state index contributed by atoms with van der Waals surface area (Å²) in [5, 5.41) is 0. The fourth-order valence-electron chi connectivity index (χ4n) is 2.07. The molecule has 96 valence electrons. The van der Waals surface area contributed by atoms with Crippen molar-refractivity contribution in [2.24, 2.45) is 0 Å². The van der Waals surface area contributed by atoms with Crippen LogP contribution in [0.3, 0.4) is 0 Å². The summed E-state index contributed by atoms with van der Waals surface area (Å²) in [5.41, 5.74) is 2.66. The van der Waals surface area contributed by atoms with Crippen LogP contribution in [0.1, 0.15) is 30.5 Å². The molecule has 1 atom stereocenters. The summed E-state index contributed by atoms with van der Waals surface area (Å²) in [4.78, 5) is 0. The number of rotatable bonds is 6. The Balaban J connectivity index is 3.04. The molecule has 0 amide bonds. The smallest absolute Gasteiger partial charge is 0.376 e. The van der Waals surface area contributed by atoms with E-state index in [9.17, 15) is 0 Å². The fraction of sp³-hybridized carbons (Fsp3) is 0.538. The minimum absolute atomic E-state index is 0.133. The van der Waals surface area contributed by atoms with Crippen molar-refractivity contribution in [1.29, 1.82) is 0 Å². The molecule has 1 aromatic rings. The van der Waals surface area contributed by atoms with E-state index < -0.39 is 8.80 Å². The lowest BCUT2D eigenvalue weighted by Gasteiger charge is -2.30. The third-order valence-electron chi connectivity index (χ3n) is 3.24. The standard InChI is InChI=1S/C13H22O3Si/c1-6-12-8-7-9-13(10-12)11(2)17(14-3,15-4)16-5/h7-11H,6H2,1-5H3. The van der Waals surface area contributed by atoms with Gasteiger partial charge in [0.15, 0.2) is 0 Å². The molecule has 0 bridgehead atoms. The molecule has 0 aliphatic rings. The second-order valence-electron chi connectivity index (χ2n) is 4.04. The molecule has 0 aliphatic carbocycles. The molecule has 0 aliphatic heterocycles. The van der Waals surface area contributed by atoms with Gasteiger partial charge in [0.05, 0.1) is 5.54 Å². The molecule has 0 aromatic heterocycles. The first-order chi connectivity index (χ1) is 8.13. The molecule has 1 rings (SSSR count). The van der Waals surface area contributed by atoms with E-state index in [4.69, 9.17) is 13.3 Å². The van der Waals surface area contributed by atoms with Gasteiger partial charge in [-0.1, -0.05) is 38.1 Å². The van der Waals surface area contributed by atoms with Crippen LogP contribution in [0.5, 0.6) is 0 Å². The van der Waals surface area contributed by atoms with Crippen LogP contribution in [0.15, 0.2) is 24.3 Å². The minimum Gasteiger partial charge on any atom is -0.376 e. The molecule has 17 heavy (non-hydrogen) atoms. The Kier molecular flexibility index (Phi) is 5.33. The van der Waals surface area contributed by atoms with E-state index >= 15 is 0 Å². The number of benzene rings is 1. The lowest BCUT2D eigenvalue weighted by molar-refractivity contribution is 0.114. The highest BCUT2D eigenvalue weighted by molar-refractivity contribution is 6.62. The number of hydrogen-bond acceptors (Lipinski definition) is 3. The predicted molar refractivity (Wildman–Crippen MR) is 71.0 cm³/mol. The van der Waals surface area contributed by atoms with Gasteiger partial charge < -0.3 is 13.3 Å². The topological polar surface area (TPSA) is 27.7 Å². The molecular weight excluding hydrogens is 232 g/mol. The van der Waals surface area contributed by atoms with Gasteiger partial charge in [0.2, 0.25) is 0 Å². The number of aryl methyl sites for hydroxylation is 1. The molecule has 0 saturated heterocycles. The van der Waals surface area contributed by atoms with Crippen molar-refractivity contribution in [3.8, 4) is 0 Å². The summed E-state index contributed by atoms with van der Waals surface area (Å²) in [7, 11) is 2.36. The largest absolute Gasteiger partial charge is 0.507 e. The quantitative estimate of drug-likeness (QED) is 0.731. The van der Waals surface area contributed by atoms with Gasteiger partial charge in [0.25, 0.3) is 0 Å². The van der Waals surface area contributed by atoms with Crippen molar-refractivity contribution >= 4 is 8.80 Å². The molecule has 0 heterocycles. The van der Waals surface area contributed by atoms with Gasteiger partial charge in [-0.2, -0.15) is 0 Å². The van der Waals surface area contributed by atoms with E-state index in [-0.39, 0.29) is 5.54 Å². The summed E-state index contributed by atoms with van der Waals surface area (Å²) in [6.07, 6.45) is 1.03. The monoisotopic (exact) mass is 254 g/mol. The molecule has 0 N–H and O–H groups in total.